The van der Waals surface area contributed by atoms with Crippen molar-refractivity contribution in [2.75, 3.05) is 0 Å². The molecule has 16 heavy (non-hydrogen) atoms. The molecule has 1 aliphatic carbocycles. The number of aromatic nitrogens is 1. The molecule has 0 radical (unpaired) electrons. The zero-order valence-electron chi connectivity index (χ0n) is 8.11. The Hall–Kier alpha value is -1.87. The Kier molecular flexibility index (Phi) is 1.94. The Morgan fingerprint density at radius 3 is 2.88 bits per heavy atom. The summed E-state index contributed by atoms with van der Waals surface area (Å²) in [5.74, 6) is 0.452. The van der Waals surface area contributed by atoms with E-state index in [1.807, 2.05) is 18.2 Å². The summed E-state index contributed by atoms with van der Waals surface area (Å²) in [5.41, 5.74) is 1.72. The summed E-state index contributed by atoms with van der Waals surface area (Å²) < 4.78 is 5.56. The van der Waals surface area contributed by atoms with E-state index in [1.165, 1.54) is 12.1 Å². The van der Waals surface area contributed by atoms with Crippen molar-refractivity contribution in [1.29, 1.82) is 0 Å². The van der Waals surface area contributed by atoms with Crippen LogP contribution in [0.25, 0.3) is 22.6 Å². The van der Waals surface area contributed by atoms with Crippen LogP contribution in [0.15, 0.2) is 45.6 Å². The van der Waals surface area contributed by atoms with Gasteiger partial charge in [-0.1, -0.05) is 23.7 Å². The minimum absolute atomic E-state index is 0.158. The van der Waals surface area contributed by atoms with Crippen molar-refractivity contribution < 1.29 is 4.42 Å². The Bertz CT molecular complexity index is 705. The smallest absolute Gasteiger partial charge is 0.201 e. The Morgan fingerprint density at radius 1 is 1.19 bits per heavy atom. The lowest BCUT2D eigenvalue weighted by molar-refractivity contribution is 0.612. The summed E-state index contributed by atoms with van der Waals surface area (Å²) in [5, 5.41) is 0.158. The number of hydrogen-bond donors (Lipinski definition) is 0. The molecule has 0 saturated carbocycles. The minimum Gasteiger partial charge on any atom is -0.453 e. The fourth-order valence-corrected chi connectivity index (χ4v) is 1.74. The highest BCUT2D eigenvalue weighted by Gasteiger charge is 2.11. The molecular weight excluding hydrogens is 226 g/mol. The predicted octanol–water partition coefficient (Wildman–Crippen LogP) is 2.95. The number of rotatable bonds is 0. The van der Waals surface area contributed by atoms with E-state index in [2.05, 4.69) is 4.98 Å². The van der Waals surface area contributed by atoms with E-state index < -0.39 is 0 Å². The van der Waals surface area contributed by atoms with Crippen LogP contribution in [0.2, 0.25) is 5.02 Å². The number of para-hydroxylation sites is 2. The van der Waals surface area contributed by atoms with Gasteiger partial charge in [0.2, 0.25) is 5.43 Å². The van der Waals surface area contributed by atoms with Crippen LogP contribution in [0, 0.1) is 0 Å². The van der Waals surface area contributed by atoms with Crippen molar-refractivity contribution >= 4 is 22.7 Å². The molecule has 1 aromatic carbocycles. The molecule has 0 bridgehead atoms. The van der Waals surface area contributed by atoms with E-state index in [0.29, 0.717) is 17.0 Å². The molecule has 0 atom stereocenters. The van der Waals surface area contributed by atoms with Gasteiger partial charge in [0.15, 0.2) is 11.3 Å². The predicted molar refractivity (Wildman–Crippen MR) is 61.9 cm³/mol. The quantitative estimate of drug-likeness (QED) is 0.559. The maximum atomic E-state index is 11.3. The largest absolute Gasteiger partial charge is 0.453 e. The van der Waals surface area contributed by atoms with Gasteiger partial charge in [0.05, 0.1) is 5.02 Å². The normalized spacial score (nSPS) is 11.1. The lowest BCUT2D eigenvalue weighted by Gasteiger charge is -2.05. The zero-order valence-corrected chi connectivity index (χ0v) is 8.86. The van der Waals surface area contributed by atoms with Crippen molar-refractivity contribution in [3.8, 4) is 11.5 Å². The summed E-state index contributed by atoms with van der Waals surface area (Å²) in [7, 11) is 0. The van der Waals surface area contributed by atoms with Crippen LogP contribution in [0.1, 0.15) is 0 Å². The number of fused-ring (bicyclic) bond motifs is 2. The second-order valence-electron chi connectivity index (χ2n) is 3.43. The van der Waals surface area contributed by atoms with E-state index in [0.717, 1.165) is 5.52 Å². The first kappa shape index (κ1) is 9.36. The maximum Gasteiger partial charge on any atom is 0.201 e. The van der Waals surface area contributed by atoms with Crippen molar-refractivity contribution in [2.24, 2.45) is 0 Å². The molecule has 78 valence electrons. The molecule has 0 N–H and O–H groups in total. The van der Waals surface area contributed by atoms with Crippen LogP contribution in [-0.2, 0) is 0 Å². The highest BCUT2D eigenvalue weighted by atomic mass is 35.5. The second-order valence-corrected chi connectivity index (χ2v) is 3.84. The van der Waals surface area contributed by atoms with Crippen LogP contribution < -0.4 is 5.43 Å². The number of benzene rings is 2. The molecule has 2 aliphatic rings. The van der Waals surface area contributed by atoms with Crippen molar-refractivity contribution in [2.45, 2.75) is 0 Å². The van der Waals surface area contributed by atoms with Crippen LogP contribution >= 0.6 is 11.6 Å². The van der Waals surface area contributed by atoms with Gasteiger partial charge in [-0.15, -0.1) is 0 Å². The molecule has 3 rings (SSSR count). The number of halogens is 1. The fourth-order valence-electron chi connectivity index (χ4n) is 1.58. The Labute approximate surface area is 95.6 Å². The molecule has 3 nitrogen and oxygen atoms in total. The number of nitrogens with zero attached hydrogens (tertiary/aromatic N) is 1. The Morgan fingerprint density at radius 2 is 2.00 bits per heavy atom. The van der Waals surface area contributed by atoms with E-state index >= 15 is 0 Å². The van der Waals surface area contributed by atoms with Gasteiger partial charge < -0.3 is 4.42 Å². The van der Waals surface area contributed by atoms with Crippen LogP contribution in [-0.4, -0.2) is 4.98 Å². The third-order valence-electron chi connectivity index (χ3n) is 2.34. The molecule has 0 unspecified atom stereocenters. The first-order chi connectivity index (χ1) is 7.74. The minimum atomic E-state index is -0.255. The van der Waals surface area contributed by atoms with Gasteiger partial charge in [0, 0.05) is 6.07 Å². The highest BCUT2D eigenvalue weighted by molar-refractivity contribution is 6.30. The molecule has 0 aromatic heterocycles. The monoisotopic (exact) mass is 231 g/mol. The Balaban J connectivity index is 2.48. The molecule has 0 fully saturated rings. The van der Waals surface area contributed by atoms with Crippen molar-refractivity contribution in [1.82, 2.24) is 4.98 Å². The van der Waals surface area contributed by atoms with Gasteiger partial charge in [0.1, 0.15) is 11.2 Å². The van der Waals surface area contributed by atoms with Crippen LogP contribution in [0.4, 0.5) is 0 Å². The zero-order chi connectivity index (χ0) is 11.1. The fraction of sp³-hybridized carbons (Fsp3) is 0. The van der Waals surface area contributed by atoms with E-state index in [-0.39, 0.29) is 10.5 Å². The van der Waals surface area contributed by atoms with Crippen molar-refractivity contribution in [3.63, 3.8) is 0 Å². The van der Waals surface area contributed by atoms with Gasteiger partial charge in [-0.3, -0.25) is 4.79 Å². The van der Waals surface area contributed by atoms with E-state index in [4.69, 9.17) is 16.0 Å². The lowest BCUT2D eigenvalue weighted by atomic mass is 10.2. The summed E-state index contributed by atoms with van der Waals surface area (Å²) in [6.45, 7) is 0. The SMILES string of the molecule is O=c1cc2oc3ccccc3nc-2cc1Cl. The van der Waals surface area contributed by atoms with Gasteiger partial charge in [0.25, 0.3) is 0 Å². The van der Waals surface area contributed by atoms with Gasteiger partial charge in [-0.25, -0.2) is 4.98 Å². The molecule has 1 aromatic rings. The third kappa shape index (κ3) is 1.37. The molecule has 4 heteroatoms. The average molecular weight is 232 g/mol. The first-order valence-electron chi connectivity index (χ1n) is 4.73. The van der Waals surface area contributed by atoms with Crippen molar-refractivity contribution in [3.05, 3.63) is 51.6 Å². The number of hydrogen-bond acceptors (Lipinski definition) is 3. The van der Waals surface area contributed by atoms with Crippen LogP contribution in [0.5, 0.6) is 0 Å². The molecule has 0 amide bonds. The topological polar surface area (TPSA) is 43.1 Å². The molecule has 1 heterocycles. The summed E-state index contributed by atoms with van der Waals surface area (Å²) in [4.78, 5) is 15.7. The first-order valence-corrected chi connectivity index (χ1v) is 5.11. The summed E-state index contributed by atoms with van der Waals surface area (Å²) >= 11 is 5.74. The van der Waals surface area contributed by atoms with Gasteiger partial charge >= 0.3 is 0 Å². The standard InChI is InChI=1S/C12H6ClNO2/c13-7-5-9-12(6-10(7)15)16-11-4-2-1-3-8(11)14-9/h1-6H. The highest BCUT2D eigenvalue weighted by Crippen LogP contribution is 2.24. The maximum absolute atomic E-state index is 11.3. The molecule has 1 aliphatic heterocycles. The van der Waals surface area contributed by atoms with E-state index in [9.17, 15) is 4.79 Å². The molecule has 0 spiro atoms. The molecule has 0 saturated heterocycles. The van der Waals surface area contributed by atoms with Crippen LogP contribution in [0.3, 0.4) is 0 Å². The second kappa shape index (κ2) is 3.32. The third-order valence-corrected chi connectivity index (χ3v) is 2.63. The van der Waals surface area contributed by atoms with Gasteiger partial charge in [-0.2, -0.15) is 0 Å². The molecular formula is C12H6ClNO2. The summed E-state index contributed by atoms with van der Waals surface area (Å²) in [6.07, 6.45) is 0. The van der Waals surface area contributed by atoms with Gasteiger partial charge in [-0.05, 0) is 18.2 Å². The summed E-state index contributed by atoms with van der Waals surface area (Å²) in [6, 6.07) is 10.3. The van der Waals surface area contributed by atoms with E-state index in [1.54, 1.807) is 6.07 Å². The average Bonchev–Trinajstić information content (AvgIpc) is 2.28. The lowest BCUT2D eigenvalue weighted by Crippen LogP contribution is -2.02.